The lowest BCUT2D eigenvalue weighted by Gasteiger charge is -2.33. The molecule has 0 spiro atoms. The molecule has 2 heterocycles. The second kappa shape index (κ2) is 8.86. The molecule has 8 heteroatoms. The highest BCUT2D eigenvalue weighted by Crippen LogP contribution is 2.27. The Balaban J connectivity index is 1.45. The highest BCUT2D eigenvalue weighted by atomic mass is 16.5. The number of carbonyl (C=O) groups is 4. The van der Waals surface area contributed by atoms with E-state index in [1.165, 1.54) is 4.90 Å². The number of anilines is 1. The van der Waals surface area contributed by atoms with Gasteiger partial charge >= 0.3 is 5.97 Å². The van der Waals surface area contributed by atoms with Crippen LogP contribution in [-0.4, -0.2) is 47.8 Å². The molecule has 3 rings (SSSR count). The maximum Gasteiger partial charge on any atom is 0.306 e. The molecule has 0 aromatic heterocycles. The Morgan fingerprint density at radius 3 is 2.79 bits per heavy atom. The topological polar surface area (TPSA) is 119 Å². The van der Waals surface area contributed by atoms with E-state index in [1.54, 1.807) is 0 Å². The van der Waals surface area contributed by atoms with E-state index in [0.29, 0.717) is 25.8 Å². The van der Waals surface area contributed by atoms with Crippen LogP contribution in [0.3, 0.4) is 0 Å². The van der Waals surface area contributed by atoms with Gasteiger partial charge < -0.3 is 20.7 Å². The first-order valence-corrected chi connectivity index (χ1v) is 9.59. The van der Waals surface area contributed by atoms with Crippen LogP contribution in [0.2, 0.25) is 0 Å². The van der Waals surface area contributed by atoms with Gasteiger partial charge in [0.2, 0.25) is 11.8 Å². The van der Waals surface area contributed by atoms with Gasteiger partial charge in [-0.1, -0.05) is 18.2 Å². The van der Waals surface area contributed by atoms with Crippen LogP contribution in [0.15, 0.2) is 24.3 Å². The molecule has 2 aliphatic rings. The largest absolute Gasteiger partial charge is 0.456 e. The third kappa shape index (κ3) is 4.68. The zero-order valence-corrected chi connectivity index (χ0v) is 15.7. The van der Waals surface area contributed by atoms with Crippen LogP contribution in [0.1, 0.15) is 37.7 Å². The SMILES string of the molecule is NC(=O)C1CCCCN1C(=O)COC(=O)CCC1Cc2ccccc2NC1=O. The molecule has 2 atom stereocenters. The number of nitrogens with two attached hydrogens (primary N) is 1. The van der Waals surface area contributed by atoms with Gasteiger partial charge in [-0.25, -0.2) is 0 Å². The van der Waals surface area contributed by atoms with Crippen molar-refractivity contribution in [3.8, 4) is 0 Å². The highest BCUT2D eigenvalue weighted by Gasteiger charge is 2.31. The monoisotopic (exact) mass is 387 g/mol. The molecule has 3 N–H and O–H groups in total. The fourth-order valence-corrected chi connectivity index (χ4v) is 3.76. The zero-order valence-electron chi connectivity index (χ0n) is 15.7. The lowest BCUT2D eigenvalue weighted by Crippen LogP contribution is -2.51. The lowest BCUT2D eigenvalue weighted by molar-refractivity contribution is -0.155. The number of rotatable bonds is 6. The van der Waals surface area contributed by atoms with Gasteiger partial charge in [0, 0.05) is 24.6 Å². The van der Waals surface area contributed by atoms with Crippen molar-refractivity contribution < 1.29 is 23.9 Å². The maximum absolute atomic E-state index is 12.3. The molecule has 2 aliphatic heterocycles. The average Bonchev–Trinajstić information content (AvgIpc) is 2.70. The summed E-state index contributed by atoms with van der Waals surface area (Å²) in [5.41, 5.74) is 7.20. The van der Waals surface area contributed by atoms with Crippen molar-refractivity contribution in [2.75, 3.05) is 18.5 Å². The van der Waals surface area contributed by atoms with Gasteiger partial charge in [0.15, 0.2) is 6.61 Å². The van der Waals surface area contributed by atoms with Crippen molar-refractivity contribution in [3.63, 3.8) is 0 Å². The van der Waals surface area contributed by atoms with Gasteiger partial charge in [-0.05, 0) is 43.7 Å². The number of benzene rings is 1. The average molecular weight is 387 g/mol. The first-order chi connectivity index (χ1) is 13.5. The predicted octanol–water partition coefficient (Wildman–Crippen LogP) is 0.987. The van der Waals surface area contributed by atoms with Crippen molar-refractivity contribution in [2.45, 2.75) is 44.6 Å². The number of carbonyl (C=O) groups excluding carboxylic acids is 4. The molecule has 1 saturated heterocycles. The first-order valence-electron chi connectivity index (χ1n) is 9.59. The predicted molar refractivity (Wildman–Crippen MR) is 101 cm³/mol. The summed E-state index contributed by atoms with van der Waals surface area (Å²) in [5.74, 6) is -1.91. The van der Waals surface area contributed by atoms with Crippen molar-refractivity contribution in [3.05, 3.63) is 29.8 Å². The van der Waals surface area contributed by atoms with E-state index in [-0.39, 0.29) is 18.2 Å². The minimum Gasteiger partial charge on any atom is -0.456 e. The molecule has 3 amide bonds. The fraction of sp³-hybridized carbons (Fsp3) is 0.500. The highest BCUT2D eigenvalue weighted by molar-refractivity contribution is 5.96. The standard InChI is InChI=1S/C20H25N3O5/c21-19(26)16-7-3-4-10-23(16)17(24)12-28-18(25)9-8-14-11-13-5-1-2-6-15(13)22-20(14)27/h1-2,5-6,14,16H,3-4,7-12H2,(H2,21,26)(H,22,27). The van der Waals surface area contributed by atoms with E-state index >= 15 is 0 Å². The van der Waals surface area contributed by atoms with Crippen molar-refractivity contribution in [2.24, 2.45) is 11.7 Å². The Kier molecular flexibility index (Phi) is 6.28. The number of primary amides is 1. The van der Waals surface area contributed by atoms with E-state index < -0.39 is 30.4 Å². The lowest BCUT2D eigenvalue weighted by atomic mass is 9.90. The number of para-hydroxylation sites is 1. The molecular formula is C20H25N3O5. The molecule has 0 radical (unpaired) electrons. The number of hydrogen-bond acceptors (Lipinski definition) is 5. The Hall–Kier alpha value is -2.90. The van der Waals surface area contributed by atoms with Crippen LogP contribution < -0.4 is 11.1 Å². The van der Waals surface area contributed by atoms with E-state index in [2.05, 4.69) is 5.32 Å². The summed E-state index contributed by atoms with van der Waals surface area (Å²) < 4.78 is 5.07. The van der Waals surface area contributed by atoms with Crippen LogP contribution >= 0.6 is 0 Å². The number of esters is 1. The summed E-state index contributed by atoms with van der Waals surface area (Å²) in [6, 6.07) is 6.94. The summed E-state index contributed by atoms with van der Waals surface area (Å²) in [4.78, 5) is 49.4. The second-order valence-electron chi connectivity index (χ2n) is 7.25. The number of nitrogens with one attached hydrogen (secondary N) is 1. The summed E-state index contributed by atoms with van der Waals surface area (Å²) in [7, 11) is 0. The number of piperidine rings is 1. The molecule has 28 heavy (non-hydrogen) atoms. The third-order valence-electron chi connectivity index (χ3n) is 5.32. The summed E-state index contributed by atoms with van der Waals surface area (Å²) >= 11 is 0. The van der Waals surface area contributed by atoms with Gasteiger partial charge in [0.05, 0.1) is 0 Å². The van der Waals surface area contributed by atoms with E-state index in [0.717, 1.165) is 24.1 Å². The molecule has 1 aromatic rings. The molecular weight excluding hydrogens is 362 g/mol. The van der Waals surface area contributed by atoms with Gasteiger partial charge in [-0.15, -0.1) is 0 Å². The molecule has 150 valence electrons. The molecule has 2 unspecified atom stereocenters. The van der Waals surface area contributed by atoms with E-state index in [4.69, 9.17) is 10.5 Å². The maximum atomic E-state index is 12.3. The Labute approximate surface area is 163 Å². The summed E-state index contributed by atoms with van der Waals surface area (Å²) in [6.45, 7) is 0.0218. The van der Waals surface area contributed by atoms with Crippen LogP contribution in [-0.2, 0) is 30.3 Å². The molecule has 8 nitrogen and oxygen atoms in total. The molecule has 0 aliphatic carbocycles. The molecule has 0 saturated carbocycles. The molecule has 1 fully saturated rings. The van der Waals surface area contributed by atoms with E-state index in [1.807, 2.05) is 24.3 Å². The fourth-order valence-electron chi connectivity index (χ4n) is 3.76. The minimum atomic E-state index is -0.633. The van der Waals surface area contributed by atoms with Crippen molar-refractivity contribution in [1.82, 2.24) is 4.90 Å². The van der Waals surface area contributed by atoms with Crippen LogP contribution in [0, 0.1) is 5.92 Å². The van der Waals surface area contributed by atoms with Crippen LogP contribution in [0.25, 0.3) is 0 Å². The minimum absolute atomic E-state index is 0.0484. The number of likely N-dealkylation sites (tertiary alicyclic amines) is 1. The quantitative estimate of drug-likeness (QED) is 0.706. The van der Waals surface area contributed by atoms with Gasteiger partial charge in [0.25, 0.3) is 5.91 Å². The smallest absolute Gasteiger partial charge is 0.306 e. The van der Waals surface area contributed by atoms with Gasteiger partial charge in [-0.2, -0.15) is 0 Å². The third-order valence-corrected chi connectivity index (χ3v) is 5.32. The number of fused-ring (bicyclic) bond motifs is 1. The van der Waals surface area contributed by atoms with Crippen LogP contribution in [0.4, 0.5) is 5.69 Å². The number of amides is 3. The summed E-state index contributed by atoms with van der Waals surface area (Å²) in [6.07, 6.45) is 3.13. The van der Waals surface area contributed by atoms with Crippen molar-refractivity contribution >= 4 is 29.4 Å². The molecule has 1 aromatic carbocycles. The van der Waals surface area contributed by atoms with Gasteiger partial charge in [-0.3, -0.25) is 19.2 Å². The Morgan fingerprint density at radius 2 is 2.00 bits per heavy atom. The Morgan fingerprint density at radius 1 is 1.21 bits per heavy atom. The number of nitrogens with zero attached hydrogens (tertiary/aromatic N) is 1. The Bertz CT molecular complexity index is 779. The summed E-state index contributed by atoms with van der Waals surface area (Å²) in [5, 5.41) is 2.85. The van der Waals surface area contributed by atoms with E-state index in [9.17, 15) is 19.2 Å². The normalized spacial score (nSPS) is 21.4. The molecule has 0 bridgehead atoms. The second-order valence-corrected chi connectivity index (χ2v) is 7.25. The van der Waals surface area contributed by atoms with Crippen LogP contribution in [0.5, 0.6) is 0 Å². The number of hydrogen-bond donors (Lipinski definition) is 2. The first kappa shape index (κ1) is 19.9. The number of ether oxygens (including phenoxy) is 1. The van der Waals surface area contributed by atoms with Gasteiger partial charge in [0.1, 0.15) is 6.04 Å². The van der Waals surface area contributed by atoms with Crippen molar-refractivity contribution in [1.29, 1.82) is 0 Å². The zero-order chi connectivity index (χ0) is 20.1.